The largest absolute Gasteiger partial charge is 0.294 e. The lowest BCUT2D eigenvalue weighted by molar-refractivity contribution is 0.0929. The van der Waals surface area contributed by atoms with Gasteiger partial charge in [-0.15, -0.1) is 12.4 Å². The minimum Gasteiger partial charge on any atom is -0.294 e. The van der Waals surface area contributed by atoms with Crippen molar-refractivity contribution in [2.75, 3.05) is 0 Å². The van der Waals surface area contributed by atoms with Gasteiger partial charge < -0.3 is 0 Å². The van der Waals surface area contributed by atoms with Crippen molar-refractivity contribution in [2.45, 2.75) is 32.6 Å². The lowest BCUT2D eigenvalue weighted by Gasteiger charge is -2.05. The highest BCUT2D eigenvalue weighted by Gasteiger charge is 2.31. The predicted octanol–water partition coefficient (Wildman–Crippen LogP) is 4.31. The molecule has 0 spiro atoms. The van der Waals surface area contributed by atoms with Crippen LogP contribution in [0.4, 0.5) is 0 Å². The molecule has 3 heteroatoms. The van der Waals surface area contributed by atoms with Crippen LogP contribution in [0.3, 0.4) is 0 Å². The summed E-state index contributed by atoms with van der Waals surface area (Å²) in [6, 6.07) is 5.75. The standard InChI is InChI=1S/C13H15ClO.ClH/c1-2-3-5-10-8-9-6-4-7-11(14)12(9)13(10)15;/h4,6-7,10H,2-3,5,8H2,1H3;1H. The van der Waals surface area contributed by atoms with Crippen LogP contribution in [0.2, 0.25) is 5.02 Å². The Morgan fingerprint density at radius 2 is 2.19 bits per heavy atom. The van der Waals surface area contributed by atoms with Crippen LogP contribution in [-0.4, -0.2) is 5.78 Å². The summed E-state index contributed by atoms with van der Waals surface area (Å²) in [5.41, 5.74) is 1.91. The van der Waals surface area contributed by atoms with Gasteiger partial charge in [0.15, 0.2) is 5.78 Å². The maximum atomic E-state index is 12.0. The molecule has 0 aromatic heterocycles. The van der Waals surface area contributed by atoms with Crippen LogP contribution in [0.1, 0.15) is 42.1 Å². The lowest BCUT2D eigenvalue weighted by Crippen LogP contribution is -2.08. The first-order valence-corrected chi connectivity index (χ1v) is 5.93. The summed E-state index contributed by atoms with van der Waals surface area (Å²) in [4.78, 5) is 12.0. The second kappa shape index (κ2) is 5.70. The molecule has 0 bridgehead atoms. The number of ketones is 1. The molecule has 0 fully saturated rings. The average molecular weight is 259 g/mol. The Kier molecular flexibility index (Phi) is 4.82. The molecule has 1 nitrogen and oxygen atoms in total. The van der Waals surface area contributed by atoms with E-state index >= 15 is 0 Å². The second-order valence-corrected chi connectivity index (χ2v) is 4.59. The number of benzene rings is 1. The van der Waals surface area contributed by atoms with E-state index in [9.17, 15) is 4.79 Å². The third-order valence-electron chi connectivity index (χ3n) is 3.09. The number of carbonyl (C=O) groups excluding carboxylic acids is 1. The van der Waals surface area contributed by atoms with Gasteiger partial charge in [0.25, 0.3) is 0 Å². The van der Waals surface area contributed by atoms with Gasteiger partial charge in [-0.2, -0.15) is 0 Å². The third-order valence-corrected chi connectivity index (χ3v) is 3.40. The van der Waals surface area contributed by atoms with E-state index in [0.29, 0.717) is 5.02 Å². The molecule has 0 heterocycles. The molecular weight excluding hydrogens is 243 g/mol. The smallest absolute Gasteiger partial charge is 0.168 e. The van der Waals surface area contributed by atoms with Gasteiger partial charge >= 0.3 is 0 Å². The SMILES string of the molecule is CCCCC1Cc2cccc(Cl)c2C1=O.Cl. The fraction of sp³-hybridized carbons (Fsp3) is 0.462. The minimum absolute atomic E-state index is 0. The number of Topliss-reactive ketones (excluding diaryl/α,β-unsaturated/α-hetero) is 1. The minimum atomic E-state index is 0. The van der Waals surface area contributed by atoms with Crippen molar-refractivity contribution in [3.05, 3.63) is 34.3 Å². The Morgan fingerprint density at radius 1 is 1.44 bits per heavy atom. The highest BCUT2D eigenvalue weighted by molar-refractivity contribution is 6.34. The quantitative estimate of drug-likeness (QED) is 0.790. The summed E-state index contributed by atoms with van der Waals surface area (Å²) < 4.78 is 0. The van der Waals surface area contributed by atoms with E-state index in [2.05, 4.69) is 6.92 Å². The molecule has 2 rings (SSSR count). The van der Waals surface area contributed by atoms with Crippen LogP contribution in [0.25, 0.3) is 0 Å². The van der Waals surface area contributed by atoms with Crippen molar-refractivity contribution in [1.29, 1.82) is 0 Å². The highest BCUT2D eigenvalue weighted by atomic mass is 35.5. The van der Waals surface area contributed by atoms with Crippen molar-refractivity contribution >= 4 is 29.8 Å². The van der Waals surface area contributed by atoms with Crippen molar-refractivity contribution in [1.82, 2.24) is 0 Å². The zero-order chi connectivity index (χ0) is 10.8. The van der Waals surface area contributed by atoms with E-state index in [1.165, 1.54) is 0 Å². The topological polar surface area (TPSA) is 17.1 Å². The molecule has 1 atom stereocenters. The molecule has 1 aliphatic rings. The van der Waals surface area contributed by atoms with Gasteiger partial charge in [0.1, 0.15) is 0 Å². The monoisotopic (exact) mass is 258 g/mol. The third kappa shape index (κ3) is 2.41. The molecule has 0 amide bonds. The number of halogens is 2. The maximum Gasteiger partial charge on any atom is 0.168 e. The fourth-order valence-corrected chi connectivity index (χ4v) is 2.55. The molecule has 0 saturated heterocycles. The van der Waals surface area contributed by atoms with Gasteiger partial charge in [-0.05, 0) is 24.5 Å². The van der Waals surface area contributed by atoms with Gasteiger partial charge in [0.2, 0.25) is 0 Å². The molecule has 88 valence electrons. The summed E-state index contributed by atoms with van der Waals surface area (Å²) in [7, 11) is 0. The van der Waals surface area contributed by atoms with E-state index < -0.39 is 0 Å². The summed E-state index contributed by atoms with van der Waals surface area (Å²) >= 11 is 6.04. The Hall–Kier alpha value is -0.530. The van der Waals surface area contributed by atoms with E-state index in [1.54, 1.807) is 6.07 Å². The lowest BCUT2D eigenvalue weighted by atomic mass is 9.98. The van der Waals surface area contributed by atoms with Crippen molar-refractivity contribution in [2.24, 2.45) is 5.92 Å². The maximum absolute atomic E-state index is 12.0. The molecular formula is C13H16Cl2O. The van der Waals surface area contributed by atoms with Gasteiger partial charge in [-0.25, -0.2) is 0 Å². The number of hydrogen-bond acceptors (Lipinski definition) is 1. The van der Waals surface area contributed by atoms with Crippen molar-refractivity contribution in [3.8, 4) is 0 Å². The molecule has 1 aromatic carbocycles. The molecule has 0 aliphatic heterocycles. The van der Waals surface area contributed by atoms with Gasteiger partial charge in [-0.3, -0.25) is 4.79 Å². The summed E-state index contributed by atoms with van der Waals surface area (Å²) in [6.45, 7) is 2.15. The van der Waals surface area contributed by atoms with E-state index in [1.807, 2.05) is 12.1 Å². The van der Waals surface area contributed by atoms with Gasteiger partial charge in [0, 0.05) is 11.5 Å². The van der Waals surface area contributed by atoms with Gasteiger partial charge in [0.05, 0.1) is 5.02 Å². The van der Waals surface area contributed by atoms with E-state index in [4.69, 9.17) is 11.6 Å². The Balaban J connectivity index is 0.00000128. The molecule has 0 saturated carbocycles. The van der Waals surface area contributed by atoms with Crippen molar-refractivity contribution < 1.29 is 4.79 Å². The summed E-state index contributed by atoms with van der Waals surface area (Å²) in [6.07, 6.45) is 4.16. The Bertz CT molecular complexity index is 388. The van der Waals surface area contributed by atoms with Crippen LogP contribution in [0.5, 0.6) is 0 Å². The van der Waals surface area contributed by atoms with E-state index in [0.717, 1.165) is 36.8 Å². The number of rotatable bonds is 3. The normalized spacial score (nSPS) is 18.1. The molecule has 0 N–H and O–H groups in total. The number of fused-ring (bicyclic) bond motifs is 1. The summed E-state index contributed by atoms with van der Waals surface area (Å²) in [5, 5.41) is 0.622. The van der Waals surface area contributed by atoms with Gasteiger partial charge in [-0.1, -0.05) is 43.5 Å². The van der Waals surface area contributed by atoms with Crippen LogP contribution >= 0.6 is 24.0 Å². The number of hydrogen-bond donors (Lipinski definition) is 0. The van der Waals surface area contributed by atoms with Crippen LogP contribution in [-0.2, 0) is 6.42 Å². The summed E-state index contributed by atoms with van der Waals surface area (Å²) in [5.74, 6) is 0.434. The number of carbonyl (C=O) groups is 1. The molecule has 1 unspecified atom stereocenters. The predicted molar refractivity (Wildman–Crippen MR) is 69.7 cm³/mol. The first-order chi connectivity index (χ1) is 7.24. The second-order valence-electron chi connectivity index (χ2n) is 4.18. The highest BCUT2D eigenvalue weighted by Crippen LogP contribution is 2.34. The molecule has 16 heavy (non-hydrogen) atoms. The Morgan fingerprint density at radius 3 is 2.81 bits per heavy atom. The first kappa shape index (κ1) is 13.5. The van der Waals surface area contributed by atoms with Crippen LogP contribution in [0, 0.1) is 5.92 Å². The molecule has 1 aliphatic carbocycles. The van der Waals surface area contributed by atoms with Crippen molar-refractivity contribution in [3.63, 3.8) is 0 Å². The number of unbranched alkanes of at least 4 members (excludes halogenated alkanes) is 1. The Labute approximate surface area is 108 Å². The first-order valence-electron chi connectivity index (χ1n) is 5.55. The zero-order valence-corrected chi connectivity index (χ0v) is 10.9. The van der Waals surface area contributed by atoms with Crippen LogP contribution < -0.4 is 0 Å². The fourth-order valence-electron chi connectivity index (χ4n) is 2.26. The molecule has 1 aromatic rings. The molecule has 0 radical (unpaired) electrons. The zero-order valence-electron chi connectivity index (χ0n) is 9.33. The van der Waals surface area contributed by atoms with Crippen LogP contribution in [0.15, 0.2) is 18.2 Å². The average Bonchev–Trinajstić information content (AvgIpc) is 2.54. The van der Waals surface area contributed by atoms with E-state index in [-0.39, 0.29) is 24.1 Å².